The van der Waals surface area contributed by atoms with Gasteiger partial charge in [0.25, 0.3) is 0 Å². The molecule has 0 spiro atoms. The molecule has 1 N–H and O–H groups in total. The highest BCUT2D eigenvalue weighted by molar-refractivity contribution is 5.78. The molecule has 110 valence electrons. The summed E-state index contributed by atoms with van der Waals surface area (Å²) in [6.07, 6.45) is 7.39. The van der Waals surface area contributed by atoms with Gasteiger partial charge in [0.2, 0.25) is 5.91 Å². The van der Waals surface area contributed by atoms with E-state index in [0.29, 0.717) is 29.8 Å². The molecule has 1 heterocycles. The first-order chi connectivity index (χ1) is 8.98. The number of rotatable bonds is 3. The number of piperidine rings is 1. The lowest BCUT2D eigenvalue weighted by Gasteiger charge is -2.40. The second-order valence-corrected chi connectivity index (χ2v) is 7.31. The first-order valence-electron chi connectivity index (χ1n) is 7.99. The number of hydrogen-bond acceptors (Lipinski definition) is 2. The number of likely N-dealkylation sites (tertiary alicyclic amines) is 1. The fraction of sp³-hybridized carbons (Fsp3) is 0.938. The van der Waals surface area contributed by atoms with Crippen LogP contribution >= 0.6 is 0 Å². The Morgan fingerprint density at radius 3 is 2.58 bits per heavy atom. The Balaban J connectivity index is 1.74. The summed E-state index contributed by atoms with van der Waals surface area (Å²) < 4.78 is 0. The molecular weight excluding hydrogens is 236 g/mol. The van der Waals surface area contributed by atoms with Crippen molar-refractivity contribution in [1.29, 1.82) is 0 Å². The molecule has 3 nitrogen and oxygen atoms in total. The molecule has 1 amide bonds. The second kappa shape index (κ2) is 6.25. The topological polar surface area (TPSA) is 32.3 Å². The molecule has 3 heteroatoms. The van der Waals surface area contributed by atoms with Crippen molar-refractivity contribution in [3.8, 4) is 0 Å². The third-order valence-electron chi connectivity index (χ3n) is 4.92. The largest absolute Gasteiger partial charge is 0.342 e. The highest BCUT2D eigenvalue weighted by atomic mass is 16.2. The summed E-state index contributed by atoms with van der Waals surface area (Å²) in [6, 6.07) is 0.529. The molecule has 0 bridgehead atoms. The van der Waals surface area contributed by atoms with Crippen LogP contribution in [0.3, 0.4) is 0 Å². The zero-order valence-electron chi connectivity index (χ0n) is 12.9. The maximum atomic E-state index is 12.1. The number of carbonyl (C=O) groups is 1. The van der Waals surface area contributed by atoms with Crippen molar-refractivity contribution < 1.29 is 4.79 Å². The van der Waals surface area contributed by atoms with Crippen molar-refractivity contribution in [2.24, 2.45) is 11.3 Å². The molecule has 2 atom stereocenters. The summed E-state index contributed by atoms with van der Waals surface area (Å²) in [4.78, 5) is 14.2. The smallest absolute Gasteiger partial charge is 0.236 e. The van der Waals surface area contributed by atoms with Gasteiger partial charge in [0.15, 0.2) is 0 Å². The number of nitrogens with one attached hydrogen (secondary N) is 1. The average Bonchev–Trinajstić information content (AvgIpc) is 2.37. The van der Waals surface area contributed by atoms with Crippen LogP contribution in [0.5, 0.6) is 0 Å². The standard InChI is InChI=1S/C16H30N2O/c1-13-11-16(2,3)8-7-14(13)17-12-15(19)18-9-5-4-6-10-18/h13-14,17H,4-12H2,1-3H3. The third kappa shape index (κ3) is 4.20. The van der Waals surface area contributed by atoms with E-state index in [9.17, 15) is 4.79 Å². The molecule has 0 aromatic heterocycles. The van der Waals surface area contributed by atoms with Crippen molar-refractivity contribution in [3.63, 3.8) is 0 Å². The van der Waals surface area contributed by atoms with Gasteiger partial charge in [0.1, 0.15) is 0 Å². The van der Waals surface area contributed by atoms with Crippen LogP contribution in [0.15, 0.2) is 0 Å². The number of nitrogens with zero attached hydrogens (tertiary/aromatic N) is 1. The van der Waals surface area contributed by atoms with E-state index in [0.717, 1.165) is 13.1 Å². The van der Waals surface area contributed by atoms with Crippen molar-refractivity contribution in [2.45, 2.75) is 65.3 Å². The molecule has 2 fully saturated rings. The predicted molar refractivity (Wildman–Crippen MR) is 79.0 cm³/mol. The second-order valence-electron chi connectivity index (χ2n) is 7.31. The van der Waals surface area contributed by atoms with Gasteiger partial charge >= 0.3 is 0 Å². The van der Waals surface area contributed by atoms with Gasteiger partial charge in [-0.2, -0.15) is 0 Å². The van der Waals surface area contributed by atoms with Gasteiger partial charge in [-0.15, -0.1) is 0 Å². The van der Waals surface area contributed by atoms with Crippen molar-refractivity contribution in [2.75, 3.05) is 19.6 Å². The zero-order valence-corrected chi connectivity index (χ0v) is 12.9. The summed E-state index contributed by atoms with van der Waals surface area (Å²) >= 11 is 0. The van der Waals surface area contributed by atoms with Crippen LogP contribution in [0.4, 0.5) is 0 Å². The lowest BCUT2D eigenvalue weighted by molar-refractivity contribution is -0.131. The molecule has 1 saturated heterocycles. The van der Waals surface area contributed by atoms with Gasteiger partial charge in [-0.3, -0.25) is 4.79 Å². The molecule has 2 rings (SSSR count). The number of carbonyl (C=O) groups excluding carboxylic acids is 1. The van der Waals surface area contributed by atoms with Gasteiger partial charge in [-0.05, 0) is 49.9 Å². The molecule has 1 saturated carbocycles. The van der Waals surface area contributed by atoms with Crippen LogP contribution in [0.2, 0.25) is 0 Å². The van der Waals surface area contributed by atoms with E-state index in [1.54, 1.807) is 0 Å². The maximum Gasteiger partial charge on any atom is 0.236 e. The summed E-state index contributed by atoms with van der Waals surface area (Å²) in [5, 5.41) is 3.51. The van der Waals surface area contributed by atoms with Crippen LogP contribution in [-0.2, 0) is 4.79 Å². The van der Waals surface area contributed by atoms with Crippen molar-refractivity contribution in [3.05, 3.63) is 0 Å². The lowest BCUT2D eigenvalue weighted by Crippen LogP contribution is -2.47. The Bertz CT molecular complexity index is 308. The highest BCUT2D eigenvalue weighted by Gasteiger charge is 2.32. The van der Waals surface area contributed by atoms with Gasteiger partial charge in [-0.1, -0.05) is 20.8 Å². The first-order valence-corrected chi connectivity index (χ1v) is 7.99. The van der Waals surface area contributed by atoms with Crippen molar-refractivity contribution in [1.82, 2.24) is 10.2 Å². The molecule has 2 unspecified atom stereocenters. The van der Waals surface area contributed by atoms with E-state index in [2.05, 4.69) is 26.1 Å². The SMILES string of the molecule is CC1CC(C)(C)CCC1NCC(=O)N1CCCCC1. The summed E-state index contributed by atoms with van der Waals surface area (Å²) in [5.74, 6) is 0.981. The van der Waals surface area contributed by atoms with Crippen molar-refractivity contribution >= 4 is 5.91 Å². The minimum Gasteiger partial charge on any atom is -0.342 e. The van der Waals surface area contributed by atoms with E-state index >= 15 is 0 Å². The average molecular weight is 266 g/mol. The molecular formula is C16H30N2O. The van der Waals surface area contributed by atoms with Crippen LogP contribution in [0.1, 0.15) is 59.3 Å². The Morgan fingerprint density at radius 1 is 1.26 bits per heavy atom. The summed E-state index contributed by atoms with van der Waals surface area (Å²) in [7, 11) is 0. The molecule has 0 aromatic carbocycles. The summed E-state index contributed by atoms with van der Waals surface area (Å²) in [5.41, 5.74) is 0.481. The lowest BCUT2D eigenvalue weighted by atomic mass is 9.70. The summed E-state index contributed by atoms with van der Waals surface area (Å²) in [6.45, 7) is 9.51. The maximum absolute atomic E-state index is 12.1. The molecule has 1 aliphatic heterocycles. The quantitative estimate of drug-likeness (QED) is 0.852. The molecule has 0 aromatic rings. The van der Waals surface area contributed by atoms with E-state index in [4.69, 9.17) is 0 Å². The molecule has 0 radical (unpaired) electrons. The Labute approximate surface area is 118 Å². The van der Waals surface area contributed by atoms with Crippen LogP contribution in [-0.4, -0.2) is 36.5 Å². The van der Waals surface area contributed by atoms with E-state index < -0.39 is 0 Å². The fourth-order valence-corrected chi connectivity index (χ4v) is 3.72. The minimum atomic E-state index is 0.303. The van der Waals surface area contributed by atoms with Crippen LogP contribution < -0.4 is 5.32 Å². The Morgan fingerprint density at radius 2 is 1.95 bits per heavy atom. The minimum absolute atomic E-state index is 0.303. The van der Waals surface area contributed by atoms with Crippen LogP contribution in [0, 0.1) is 11.3 Å². The highest BCUT2D eigenvalue weighted by Crippen LogP contribution is 2.38. The van der Waals surface area contributed by atoms with E-state index in [1.807, 2.05) is 4.90 Å². The third-order valence-corrected chi connectivity index (χ3v) is 4.92. The molecule has 2 aliphatic rings. The first kappa shape index (κ1) is 14.8. The van der Waals surface area contributed by atoms with Gasteiger partial charge in [-0.25, -0.2) is 0 Å². The number of hydrogen-bond donors (Lipinski definition) is 1. The van der Waals surface area contributed by atoms with Gasteiger partial charge < -0.3 is 10.2 Å². The van der Waals surface area contributed by atoms with E-state index in [1.165, 1.54) is 38.5 Å². The van der Waals surface area contributed by atoms with Crippen LogP contribution in [0.25, 0.3) is 0 Å². The Hall–Kier alpha value is -0.570. The van der Waals surface area contributed by atoms with Gasteiger partial charge in [0.05, 0.1) is 6.54 Å². The number of amides is 1. The fourth-order valence-electron chi connectivity index (χ4n) is 3.72. The monoisotopic (exact) mass is 266 g/mol. The van der Waals surface area contributed by atoms with E-state index in [-0.39, 0.29) is 0 Å². The normalized spacial score (nSPS) is 31.2. The molecule has 1 aliphatic carbocycles. The molecule has 19 heavy (non-hydrogen) atoms. The predicted octanol–water partition coefficient (Wildman–Crippen LogP) is 2.80. The Kier molecular flexibility index (Phi) is 4.88. The zero-order chi connectivity index (χ0) is 13.9. The van der Waals surface area contributed by atoms with Gasteiger partial charge in [0, 0.05) is 19.1 Å².